The van der Waals surface area contributed by atoms with Gasteiger partial charge in [-0.25, -0.2) is 0 Å². The fourth-order valence-electron chi connectivity index (χ4n) is 9.31. The summed E-state index contributed by atoms with van der Waals surface area (Å²) >= 11 is 6.24. The summed E-state index contributed by atoms with van der Waals surface area (Å²) in [5.74, 6) is -0.447. The van der Waals surface area contributed by atoms with Gasteiger partial charge in [0.25, 0.3) is 5.91 Å². The van der Waals surface area contributed by atoms with Crippen LogP contribution in [0.15, 0.2) is 91.0 Å². The Bertz CT molecular complexity index is 2510. The maximum absolute atomic E-state index is 14.0. The molecule has 14 nitrogen and oxygen atoms in total. The van der Waals surface area contributed by atoms with E-state index in [4.69, 9.17) is 31.1 Å². The van der Waals surface area contributed by atoms with E-state index in [1.54, 1.807) is 82.3 Å². The average molecular weight is 932 g/mol. The van der Waals surface area contributed by atoms with Gasteiger partial charge in [0.15, 0.2) is 0 Å². The number of hydrogen-bond acceptors (Lipinski definition) is 10. The largest absolute Gasteiger partial charge is 0.491 e. The smallest absolute Gasteiger partial charge is 0.251 e. The van der Waals surface area contributed by atoms with Gasteiger partial charge >= 0.3 is 0 Å². The van der Waals surface area contributed by atoms with Gasteiger partial charge in [0.05, 0.1) is 41.0 Å². The minimum atomic E-state index is -1.01. The highest BCUT2D eigenvalue weighted by molar-refractivity contribution is 6.31. The predicted molar refractivity (Wildman–Crippen MR) is 253 cm³/mol. The molecule has 2 aliphatic rings. The Labute approximate surface area is 397 Å². The molecule has 15 heteroatoms. The first kappa shape index (κ1) is 50.0. The van der Waals surface area contributed by atoms with Gasteiger partial charge in [-0.2, -0.15) is 10.5 Å². The van der Waals surface area contributed by atoms with Crippen LogP contribution in [0.3, 0.4) is 0 Å². The summed E-state index contributed by atoms with van der Waals surface area (Å²) in [6.45, 7) is 15.3. The number of aliphatic hydroxyl groups is 1. The number of β-amino-alcohol motifs (C(OH)–C–C–N with tert-alkyl or cyclic N) is 1. The highest BCUT2D eigenvalue weighted by atomic mass is 35.5. The number of ether oxygens (including phenoxy) is 3. The van der Waals surface area contributed by atoms with E-state index in [9.17, 15) is 29.5 Å². The Balaban J connectivity index is 0.943. The molecule has 1 saturated heterocycles. The van der Waals surface area contributed by atoms with Crippen LogP contribution in [0.5, 0.6) is 11.5 Å². The third-order valence-corrected chi connectivity index (χ3v) is 13.0. The molecule has 4 N–H and O–H groups in total. The van der Waals surface area contributed by atoms with Gasteiger partial charge in [-0.15, -0.1) is 0 Å². The summed E-state index contributed by atoms with van der Waals surface area (Å²) < 4.78 is 17.8. The van der Waals surface area contributed by atoms with Crippen molar-refractivity contribution in [1.82, 2.24) is 20.9 Å². The summed E-state index contributed by atoms with van der Waals surface area (Å²) in [7, 11) is 0. The van der Waals surface area contributed by atoms with Crippen molar-refractivity contribution in [1.29, 1.82) is 10.5 Å². The minimum absolute atomic E-state index is 0.0539. The zero-order valence-corrected chi connectivity index (χ0v) is 39.9. The first-order valence-corrected chi connectivity index (χ1v) is 22.7. The number of benzene rings is 4. The summed E-state index contributed by atoms with van der Waals surface area (Å²) in [5, 5.41) is 38.1. The van der Waals surface area contributed by atoms with E-state index in [1.807, 2.05) is 36.4 Å². The van der Waals surface area contributed by atoms with Gasteiger partial charge in [-0.05, 0) is 77.6 Å². The van der Waals surface area contributed by atoms with Crippen LogP contribution in [0.25, 0.3) is 11.1 Å². The Hall–Kier alpha value is -6.45. The van der Waals surface area contributed by atoms with E-state index in [0.29, 0.717) is 33.2 Å². The molecule has 2 fully saturated rings. The van der Waals surface area contributed by atoms with E-state index in [-0.39, 0.29) is 50.8 Å². The summed E-state index contributed by atoms with van der Waals surface area (Å²) in [6, 6.07) is 28.3. The number of nitrogens with zero attached hydrogens (tertiary/aromatic N) is 3. The highest BCUT2D eigenvalue weighted by Gasteiger charge is 2.64. The van der Waals surface area contributed by atoms with Crippen LogP contribution in [0.2, 0.25) is 5.02 Å². The third-order valence-electron chi connectivity index (χ3n) is 12.7. The molecule has 4 atom stereocenters. The molecule has 1 heterocycles. The Morgan fingerprint density at radius 3 is 2.04 bits per heavy atom. The zero-order chi connectivity index (χ0) is 48.8. The van der Waals surface area contributed by atoms with E-state index >= 15 is 0 Å². The molecule has 0 radical (unpaired) electrons. The second kappa shape index (κ2) is 20.6. The molecular weight excluding hydrogens is 872 g/mol. The van der Waals surface area contributed by atoms with Crippen molar-refractivity contribution in [3.8, 4) is 34.8 Å². The molecule has 1 saturated carbocycles. The number of likely N-dealkylation sites (tertiary alicyclic amines) is 1. The molecule has 1 aliphatic carbocycles. The number of rotatable bonds is 16. The number of amides is 4. The topological polar surface area (TPSA) is 203 Å². The lowest BCUT2D eigenvalue weighted by Crippen LogP contribution is -2.74. The van der Waals surface area contributed by atoms with Crippen LogP contribution in [0, 0.1) is 38.9 Å². The van der Waals surface area contributed by atoms with Crippen LogP contribution in [0.4, 0.5) is 0 Å². The molecule has 67 heavy (non-hydrogen) atoms. The number of nitrogens with one attached hydrogen (secondary N) is 3. The lowest BCUT2D eigenvalue weighted by molar-refractivity contribution is -0.164. The molecular formula is C52H59ClN6O8. The molecule has 4 aromatic rings. The van der Waals surface area contributed by atoms with Crippen molar-refractivity contribution in [2.24, 2.45) is 16.2 Å². The number of aliphatic hydroxyl groups excluding tert-OH is 1. The van der Waals surface area contributed by atoms with Crippen molar-refractivity contribution in [2.75, 3.05) is 26.4 Å². The SMILES string of the molecule is C[C@H](NC(=O)[C@@H]1C[C@@H](O)CN1C(=O)[C@@H](NC(=O)COCCOc1ccc(-c2ccc(C(=O)N[C@H]3C(C)(C)[C@H](Oc4ccc(C#N)c(Cl)c4)C3(C)C)cc2)cc1)C(C)(C)C)c1ccc(C#N)cc1. The van der Waals surface area contributed by atoms with Crippen LogP contribution in [-0.2, 0) is 19.1 Å². The van der Waals surface area contributed by atoms with E-state index in [2.05, 4.69) is 55.8 Å². The van der Waals surface area contributed by atoms with Gasteiger partial charge in [-0.1, -0.05) is 96.5 Å². The molecule has 0 aromatic heterocycles. The van der Waals surface area contributed by atoms with Gasteiger partial charge in [-0.3, -0.25) is 19.2 Å². The van der Waals surface area contributed by atoms with E-state index in [0.717, 1.165) is 16.7 Å². The minimum Gasteiger partial charge on any atom is -0.491 e. The van der Waals surface area contributed by atoms with Gasteiger partial charge in [0, 0.05) is 41.5 Å². The van der Waals surface area contributed by atoms with Crippen molar-refractivity contribution in [3.63, 3.8) is 0 Å². The van der Waals surface area contributed by atoms with Crippen LogP contribution >= 0.6 is 11.6 Å². The predicted octanol–water partition coefficient (Wildman–Crippen LogP) is 7.13. The number of nitriles is 2. The highest BCUT2D eigenvalue weighted by Crippen LogP contribution is 2.55. The average Bonchev–Trinajstić information content (AvgIpc) is 3.70. The quantitative estimate of drug-likeness (QED) is 0.0838. The normalized spacial score (nSPS) is 20.2. The number of carbonyl (C=O) groups is 4. The number of carbonyl (C=O) groups excluding carboxylic acids is 4. The molecule has 4 amide bonds. The molecule has 4 aromatic carbocycles. The summed E-state index contributed by atoms with van der Waals surface area (Å²) in [5.41, 5.74) is 2.49. The molecule has 352 valence electrons. The first-order chi connectivity index (χ1) is 31.6. The Morgan fingerprint density at radius 2 is 1.46 bits per heavy atom. The fraction of sp³-hybridized carbons (Fsp3) is 0.423. The standard InChI is InChI=1S/C52H59ClN6O8/c1-31(33-11-9-32(27-54)10-12-33)56-46(63)42-25-38(60)29-59(42)47(64)44(50(2,3)4)57-43(61)30-65-23-24-66-39-20-17-35(18-21-39)34-13-15-36(16-14-34)45(62)58-48-51(5,6)49(52(48,7)8)67-40-22-19-37(28-55)41(53)26-40/h9-22,26,31,38,42,44,48-49,60H,23-25,29-30H2,1-8H3,(H,56,63)(H,57,61)(H,58,62)/t31-,38+,42-,44+,48-,49-/m0/s1. The van der Waals surface area contributed by atoms with Gasteiger partial charge in [0.2, 0.25) is 17.7 Å². The van der Waals surface area contributed by atoms with Crippen molar-refractivity contribution in [2.45, 2.75) is 98.2 Å². The van der Waals surface area contributed by atoms with Crippen molar-refractivity contribution >= 4 is 35.2 Å². The molecule has 6 rings (SSSR count). The Kier molecular flexibility index (Phi) is 15.4. The van der Waals surface area contributed by atoms with E-state index < -0.39 is 58.2 Å². The molecule has 0 spiro atoms. The first-order valence-electron chi connectivity index (χ1n) is 22.3. The maximum Gasteiger partial charge on any atom is 0.251 e. The van der Waals surface area contributed by atoms with Crippen molar-refractivity contribution < 1.29 is 38.5 Å². The fourth-order valence-corrected chi connectivity index (χ4v) is 9.53. The summed E-state index contributed by atoms with van der Waals surface area (Å²) in [6.07, 6.45) is -1.07. The third kappa shape index (κ3) is 11.6. The van der Waals surface area contributed by atoms with Crippen LogP contribution in [0.1, 0.15) is 94.9 Å². The molecule has 0 unspecified atom stereocenters. The number of halogens is 1. The van der Waals surface area contributed by atoms with Gasteiger partial charge < -0.3 is 40.2 Å². The lowest BCUT2D eigenvalue weighted by Gasteiger charge is -2.63. The van der Waals surface area contributed by atoms with Gasteiger partial charge in [0.1, 0.15) is 49.0 Å². The monoisotopic (exact) mass is 930 g/mol. The summed E-state index contributed by atoms with van der Waals surface area (Å²) in [4.78, 5) is 55.3. The second-order valence-corrected chi connectivity index (χ2v) is 19.9. The number of hydrogen-bond donors (Lipinski definition) is 4. The zero-order valence-electron chi connectivity index (χ0n) is 39.2. The maximum atomic E-state index is 14.0. The van der Waals surface area contributed by atoms with Crippen LogP contribution < -0.4 is 25.4 Å². The molecule has 1 aliphatic heterocycles. The molecule has 0 bridgehead atoms. The van der Waals surface area contributed by atoms with Crippen LogP contribution in [-0.4, -0.2) is 90.3 Å². The Morgan fingerprint density at radius 1 is 0.851 bits per heavy atom. The van der Waals surface area contributed by atoms with Crippen molar-refractivity contribution in [3.05, 3.63) is 118 Å². The lowest BCUT2D eigenvalue weighted by atomic mass is 9.49. The van der Waals surface area contributed by atoms with E-state index in [1.165, 1.54) is 4.90 Å². The second-order valence-electron chi connectivity index (χ2n) is 19.5.